The first-order chi connectivity index (χ1) is 7.72. The summed E-state index contributed by atoms with van der Waals surface area (Å²) in [5.41, 5.74) is 1.21. The number of aliphatic hydroxyl groups excluding tert-OH is 1. The topological polar surface area (TPSA) is 32.3 Å². The lowest BCUT2D eigenvalue weighted by Crippen LogP contribution is -2.30. The number of fused-ring (bicyclic) bond motifs is 1. The van der Waals surface area contributed by atoms with Crippen LogP contribution in [0.5, 0.6) is 0 Å². The van der Waals surface area contributed by atoms with Gasteiger partial charge < -0.3 is 10.4 Å². The molecule has 2 rings (SSSR count). The third kappa shape index (κ3) is 2.26. The van der Waals surface area contributed by atoms with Gasteiger partial charge in [-0.2, -0.15) is 0 Å². The van der Waals surface area contributed by atoms with E-state index in [0.29, 0.717) is 6.04 Å². The van der Waals surface area contributed by atoms with E-state index >= 15 is 0 Å². The summed E-state index contributed by atoms with van der Waals surface area (Å²) in [4.78, 5) is 0. The van der Waals surface area contributed by atoms with Crippen LogP contribution in [0.4, 0.5) is 0 Å². The molecule has 0 aliphatic rings. The van der Waals surface area contributed by atoms with Gasteiger partial charge in [0.15, 0.2) is 0 Å². The largest absolute Gasteiger partial charge is 0.394 e. The van der Waals surface area contributed by atoms with Crippen LogP contribution in [0.15, 0.2) is 29.6 Å². The van der Waals surface area contributed by atoms with Gasteiger partial charge in [-0.05, 0) is 22.4 Å². The maximum Gasteiger partial charge on any atom is 0.0627 e. The highest BCUT2D eigenvalue weighted by atomic mass is 32.1. The Morgan fingerprint density at radius 2 is 2.06 bits per heavy atom. The lowest BCUT2D eigenvalue weighted by Gasteiger charge is -2.18. The van der Waals surface area contributed by atoms with Crippen molar-refractivity contribution in [1.29, 1.82) is 0 Å². The van der Waals surface area contributed by atoms with Crippen LogP contribution in [0.2, 0.25) is 0 Å². The number of hydrogen-bond acceptors (Lipinski definition) is 3. The summed E-state index contributed by atoms with van der Waals surface area (Å²) in [6.45, 7) is 4.33. The highest BCUT2D eigenvalue weighted by Crippen LogP contribution is 2.30. The molecule has 16 heavy (non-hydrogen) atoms. The molecule has 1 unspecified atom stereocenters. The van der Waals surface area contributed by atoms with Gasteiger partial charge in [-0.3, -0.25) is 0 Å². The molecule has 0 spiro atoms. The molecule has 2 aromatic rings. The molecule has 0 amide bonds. The van der Waals surface area contributed by atoms with Crippen molar-refractivity contribution in [3.05, 3.63) is 35.2 Å². The van der Waals surface area contributed by atoms with Gasteiger partial charge in [-0.15, -0.1) is 11.3 Å². The third-order valence-corrected chi connectivity index (χ3v) is 3.59. The smallest absolute Gasteiger partial charge is 0.0627 e. The fraction of sp³-hybridized carbons (Fsp3) is 0.385. The monoisotopic (exact) mass is 235 g/mol. The molecule has 0 aliphatic carbocycles. The highest BCUT2D eigenvalue weighted by Gasteiger charge is 2.15. The van der Waals surface area contributed by atoms with E-state index in [1.807, 2.05) is 12.1 Å². The van der Waals surface area contributed by atoms with E-state index in [2.05, 4.69) is 36.7 Å². The predicted molar refractivity (Wildman–Crippen MR) is 69.9 cm³/mol. The Morgan fingerprint density at radius 1 is 1.31 bits per heavy atom. The zero-order chi connectivity index (χ0) is 11.5. The molecule has 0 saturated carbocycles. The second-order valence-electron chi connectivity index (χ2n) is 4.24. The quantitative estimate of drug-likeness (QED) is 0.854. The molecule has 3 heteroatoms. The minimum atomic E-state index is 0.0381. The number of aliphatic hydroxyl groups is 1. The second kappa shape index (κ2) is 4.95. The molecule has 86 valence electrons. The van der Waals surface area contributed by atoms with Crippen molar-refractivity contribution in [2.45, 2.75) is 25.9 Å². The van der Waals surface area contributed by atoms with Crippen LogP contribution in [-0.4, -0.2) is 17.8 Å². The van der Waals surface area contributed by atoms with Gasteiger partial charge >= 0.3 is 0 Å². The highest BCUT2D eigenvalue weighted by molar-refractivity contribution is 7.17. The Labute approximate surface area is 99.9 Å². The minimum Gasteiger partial charge on any atom is -0.394 e. The predicted octanol–water partition coefficient (Wildman–Crippen LogP) is 2.93. The number of benzene rings is 1. The molecule has 0 fully saturated rings. The summed E-state index contributed by atoms with van der Waals surface area (Å²) in [6.07, 6.45) is 0. The fourth-order valence-electron chi connectivity index (χ4n) is 1.91. The molecule has 1 aromatic carbocycles. The van der Waals surface area contributed by atoms with Gasteiger partial charge in [-0.1, -0.05) is 32.0 Å². The third-order valence-electron chi connectivity index (χ3n) is 2.60. The van der Waals surface area contributed by atoms with Gasteiger partial charge in [0.2, 0.25) is 0 Å². The summed E-state index contributed by atoms with van der Waals surface area (Å²) in [6, 6.07) is 8.74. The zero-order valence-electron chi connectivity index (χ0n) is 9.60. The molecular weight excluding hydrogens is 218 g/mol. The first-order valence-corrected chi connectivity index (χ1v) is 6.43. The van der Waals surface area contributed by atoms with Crippen molar-refractivity contribution >= 4 is 21.4 Å². The van der Waals surface area contributed by atoms with E-state index in [1.54, 1.807) is 11.3 Å². The van der Waals surface area contributed by atoms with E-state index < -0.39 is 0 Å². The normalized spacial score (nSPS) is 13.5. The van der Waals surface area contributed by atoms with E-state index in [-0.39, 0.29) is 12.6 Å². The summed E-state index contributed by atoms with van der Waals surface area (Å²) in [5, 5.41) is 16.2. The summed E-state index contributed by atoms with van der Waals surface area (Å²) in [5.74, 6) is 0. The number of thiophene rings is 1. The molecule has 1 heterocycles. The Bertz CT molecular complexity index is 464. The molecule has 2 nitrogen and oxygen atoms in total. The van der Waals surface area contributed by atoms with Crippen molar-refractivity contribution in [2.75, 3.05) is 6.61 Å². The average Bonchev–Trinajstić information content (AvgIpc) is 2.69. The lowest BCUT2D eigenvalue weighted by atomic mass is 10.1. The fourth-order valence-corrected chi connectivity index (χ4v) is 2.93. The molecule has 1 atom stereocenters. The van der Waals surface area contributed by atoms with E-state index in [4.69, 9.17) is 0 Å². The number of hydrogen-bond donors (Lipinski definition) is 2. The number of nitrogens with one attached hydrogen (secondary N) is 1. The maximum atomic E-state index is 9.45. The summed E-state index contributed by atoms with van der Waals surface area (Å²) in [7, 11) is 0. The van der Waals surface area contributed by atoms with E-state index in [9.17, 15) is 5.11 Å². The Kier molecular flexibility index (Phi) is 3.59. The zero-order valence-corrected chi connectivity index (χ0v) is 10.4. The first-order valence-electron chi connectivity index (χ1n) is 5.55. The van der Waals surface area contributed by atoms with Gasteiger partial charge in [-0.25, -0.2) is 0 Å². The van der Waals surface area contributed by atoms with Crippen LogP contribution in [0, 0.1) is 0 Å². The molecule has 0 aliphatic heterocycles. The Hall–Kier alpha value is -0.900. The van der Waals surface area contributed by atoms with Gasteiger partial charge in [0.25, 0.3) is 0 Å². The molecular formula is C13H17NOS. The van der Waals surface area contributed by atoms with Gasteiger partial charge in [0.1, 0.15) is 0 Å². The molecule has 0 saturated heterocycles. The first kappa shape index (κ1) is 11.6. The molecule has 1 aromatic heterocycles. The van der Waals surface area contributed by atoms with E-state index in [1.165, 1.54) is 15.6 Å². The van der Waals surface area contributed by atoms with Crippen LogP contribution in [-0.2, 0) is 0 Å². The maximum absolute atomic E-state index is 9.45. The molecule has 0 bridgehead atoms. The van der Waals surface area contributed by atoms with Crippen LogP contribution in [0.3, 0.4) is 0 Å². The Balaban J connectivity index is 2.37. The molecule has 0 radical (unpaired) electrons. The lowest BCUT2D eigenvalue weighted by molar-refractivity contribution is 0.238. The molecule has 2 N–H and O–H groups in total. The van der Waals surface area contributed by atoms with Crippen LogP contribution in [0.1, 0.15) is 25.5 Å². The minimum absolute atomic E-state index is 0.0381. The van der Waals surface area contributed by atoms with Crippen LogP contribution in [0.25, 0.3) is 10.1 Å². The SMILES string of the molecule is CC(C)NC(CO)c1csc2ccccc12. The average molecular weight is 235 g/mol. The van der Waals surface area contributed by atoms with Crippen molar-refractivity contribution < 1.29 is 5.11 Å². The van der Waals surface area contributed by atoms with Crippen molar-refractivity contribution in [3.8, 4) is 0 Å². The second-order valence-corrected chi connectivity index (χ2v) is 5.15. The standard InChI is InChI=1S/C13H17NOS/c1-9(2)14-12(7-15)11-8-16-13-6-4-3-5-10(11)13/h3-6,8-9,12,14-15H,7H2,1-2H3. The van der Waals surface area contributed by atoms with E-state index in [0.717, 1.165) is 0 Å². The van der Waals surface area contributed by atoms with Crippen molar-refractivity contribution in [2.24, 2.45) is 0 Å². The summed E-state index contributed by atoms with van der Waals surface area (Å²) < 4.78 is 1.28. The Morgan fingerprint density at radius 3 is 2.75 bits per heavy atom. The van der Waals surface area contributed by atoms with Crippen LogP contribution >= 0.6 is 11.3 Å². The van der Waals surface area contributed by atoms with Crippen LogP contribution < -0.4 is 5.32 Å². The van der Waals surface area contributed by atoms with Gasteiger partial charge in [0, 0.05) is 10.7 Å². The summed E-state index contributed by atoms with van der Waals surface area (Å²) >= 11 is 1.73. The van der Waals surface area contributed by atoms with Crippen molar-refractivity contribution in [3.63, 3.8) is 0 Å². The van der Waals surface area contributed by atoms with Crippen molar-refractivity contribution in [1.82, 2.24) is 5.32 Å². The van der Waals surface area contributed by atoms with Gasteiger partial charge in [0.05, 0.1) is 12.6 Å². The number of rotatable bonds is 4.